The highest BCUT2D eigenvalue weighted by Crippen LogP contribution is 2.50. The van der Waals surface area contributed by atoms with Crippen LogP contribution in [-0.4, -0.2) is 17.7 Å². The minimum atomic E-state index is -1.47. The van der Waals surface area contributed by atoms with Crippen molar-refractivity contribution in [3.8, 4) is 0 Å². The molecule has 19 heavy (non-hydrogen) atoms. The van der Waals surface area contributed by atoms with Crippen LogP contribution in [0.25, 0.3) is 0 Å². The summed E-state index contributed by atoms with van der Waals surface area (Å²) in [5.41, 5.74) is -1.47. The topological polar surface area (TPSA) is 38.3 Å². The molecule has 0 aromatic heterocycles. The number of alkyl carbamates (subject to hydrolysis) is 1. The van der Waals surface area contributed by atoms with Crippen LogP contribution in [0.4, 0.5) is 9.18 Å². The molecule has 1 amide bonds. The average Bonchev–Trinajstić information content (AvgIpc) is 2.88. The predicted molar refractivity (Wildman–Crippen MR) is 74.7 cm³/mol. The number of ether oxygens (including phenoxy) is 1. The minimum Gasteiger partial charge on any atom is -0.444 e. The van der Waals surface area contributed by atoms with Crippen molar-refractivity contribution in [3.05, 3.63) is 34.3 Å². The fraction of sp³-hybridized carbons (Fsp3) is 0.500. The summed E-state index contributed by atoms with van der Waals surface area (Å²) in [5.74, 6) is 0. The van der Waals surface area contributed by atoms with Crippen LogP contribution in [-0.2, 0) is 10.4 Å². The van der Waals surface area contributed by atoms with E-state index in [1.54, 1.807) is 45.0 Å². The Hall–Kier alpha value is -1.10. The predicted octanol–water partition coefficient (Wildman–Crippen LogP) is 3.91. The lowest BCUT2D eigenvalue weighted by molar-refractivity contribution is 0.0511. The molecule has 0 heterocycles. The maximum absolute atomic E-state index is 14.5. The molecule has 1 aromatic rings. The largest absolute Gasteiger partial charge is 0.444 e. The maximum atomic E-state index is 14.5. The quantitative estimate of drug-likeness (QED) is 0.893. The standard InChI is InChI=1S/C14H17BrFNO2/c1-13(2,3)19-12(18)17-11-8-14(11,16)9-4-6-10(15)7-5-9/h4-7,11H,8H2,1-3H3,(H,17,18)/t11-,14-/m0/s1. The lowest BCUT2D eigenvalue weighted by atomic mass is 10.1. The van der Waals surface area contributed by atoms with Crippen molar-refractivity contribution in [1.82, 2.24) is 5.32 Å². The van der Waals surface area contributed by atoms with E-state index in [4.69, 9.17) is 4.74 Å². The summed E-state index contributed by atoms with van der Waals surface area (Å²) in [6.07, 6.45) is -0.289. The number of benzene rings is 1. The van der Waals surface area contributed by atoms with Gasteiger partial charge in [-0.05, 0) is 38.5 Å². The average molecular weight is 330 g/mol. The highest BCUT2D eigenvalue weighted by atomic mass is 79.9. The van der Waals surface area contributed by atoms with E-state index in [1.165, 1.54) is 0 Å². The van der Waals surface area contributed by atoms with E-state index in [1.807, 2.05) is 0 Å². The zero-order valence-electron chi connectivity index (χ0n) is 11.2. The van der Waals surface area contributed by atoms with Gasteiger partial charge in [-0.1, -0.05) is 28.1 Å². The van der Waals surface area contributed by atoms with Gasteiger partial charge in [0.1, 0.15) is 5.60 Å². The summed E-state index contributed by atoms with van der Waals surface area (Å²) in [5, 5.41) is 2.57. The van der Waals surface area contributed by atoms with Crippen LogP contribution in [0.5, 0.6) is 0 Å². The molecular weight excluding hydrogens is 313 g/mol. The van der Waals surface area contributed by atoms with E-state index < -0.39 is 23.4 Å². The van der Waals surface area contributed by atoms with Crippen molar-refractivity contribution in [2.45, 2.75) is 44.5 Å². The summed E-state index contributed by atoms with van der Waals surface area (Å²) < 4.78 is 20.5. The van der Waals surface area contributed by atoms with Gasteiger partial charge in [0.2, 0.25) is 0 Å². The van der Waals surface area contributed by atoms with E-state index >= 15 is 0 Å². The number of alkyl halides is 1. The van der Waals surface area contributed by atoms with Crippen LogP contribution in [0.1, 0.15) is 32.8 Å². The van der Waals surface area contributed by atoms with Gasteiger partial charge in [0, 0.05) is 10.9 Å². The Morgan fingerprint density at radius 2 is 2.00 bits per heavy atom. The second-order valence-electron chi connectivity index (χ2n) is 5.77. The molecule has 0 saturated heterocycles. The molecule has 1 aromatic carbocycles. The van der Waals surface area contributed by atoms with E-state index in [0.717, 1.165) is 4.47 Å². The normalized spacial score (nSPS) is 25.8. The monoisotopic (exact) mass is 329 g/mol. The summed E-state index contributed by atoms with van der Waals surface area (Å²) in [6, 6.07) is 6.52. The van der Waals surface area contributed by atoms with Crippen LogP contribution >= 0.6 is 15.9 Å². The zero-order valence-corrected chi connectivity index (χ0v) is 12.8. The fourth-order valence-electron chi connectivity index (χ4n) is 1.90. The molecular formula is C14H17BrFNO2. The Bertz CT molecular complexity index is 483. The molecule has 2 rings (SSSR count). The van der Waals surface area contributed by atoms with Crippen LogP contribution in [0.2, 0.25) is 0 Å². The van der Waals surface area contributed by atoms with Crippen molar-refractivity contribution in [1.29, 1.82) is 0 Å². The maximum Gasteiger partial charge on any atom is 0.407 e. The Kier molecular flexibility index (Phi) is 3.60. The fourth-order valence-corrected chi connectivity index (χ4v) is 2.16. The van der Waals surface area contributed by atoms with Crippen molar-refractivity contribution < 1.29 is 13.9 Å². The zero-order chi connectivity index (χ0) is 14.3. The van der Waals surface area contributed by atoms with Gasteiger partial charge in [-0.15, -0.1) is 0 Å². The minimum absolute atomic E-state index is 0.286. The molecule has 0 bridgehead atoms. The molecule has 104 valence electrons. The van der Waals surface area contributed by atoms with Gasteiger partial charge >= 0.3 is 6.09 Å². The number of amides is 1. The molecule has 0 aliphatic heterocycles. The Balaban J connectivity index is 1.96. The van der Waals surface area contributed by atoms with E-state index in [2.05, 4.69) is 21.2 Å². The van der Waals surface area contributed by atoms with Gasteiger partial charge in [0.15, 0.2) is 5.67 Å². The molecule has 1 aliphatic rings. The second-order valence-corrected chi connectivity index (χ2v) is 6.69. The molecule has 5 heteroatoms. The van der Waals surface area contributed by atoms with Crippen LogP contribution in [0, 0.1) is 0 Å². The summed E-state index contributed by atoms with van der Waals surface area (Å²) in [7, 11) is 0. The first-order chi connectivity index (χ1) is 8.71. The number of carbonyl (C=O) groups excluding carboxylic acids is 1. The first-order valence-electron chi connectivity index (χ1n) is 6.15. The van der Waals surface area contributed by atoms with E-state index in [9.17, 15) is 9.18 Å². The summed E-state index contributed by atoms with van der Waals surface area (Å²) in [4.78, 5) is 11.6. The second kappa shape index (κ2) is 4.78. The third-order valence-electron chi connectivity index (χ3n) is 2.91. The number of hydrogen-bond acceptors (Lipinski definition) is 2. The lowest BCUT2D eigenvalue weighted by Gasteiger charge is -2.20. The first-order valence-corrected chi connectivity index (χ1v) is 6.94. The Labute approximate surface area is 120 Å². The van der Waals surface area contributed by atoms with Gasteiger partial charge in [-0.2, -0.15) is 0 Å². The van der Waals surface area contributed by atoms with Crippen LogP contribution in [0.3, 0.4) is 0 Å². The molecule has 3 nitrogen and oxygen atoms in total. The van der Waals surface area contributed by atoms with Gasteiger partial charge in [0.05, 0.1) is 6.04 Å². The third-order valence-corrected chi connectivity index (χ3v) is 3.44. The molecule has 2 atom stereocenters. The Morgan fingerprint density at radius 3 is 2.53 bits per heavy atom. The van der Waals surface area contributed by atoms with Gasteiger partial charge in [-0.3, -0.25) is 0 Å². The number of hydrogen-bond donors (Lipinski definition) is 1. The molecule has 1 saturated carbocycles. The highest BCUT2D eigenvalue weighted by Gasteiger charge is 2.58. The van der Waals surface area contributed by atoms with Crippen LogP contribution in [0.15, 0.2) is 28.7 Å². The number of halogens is 2. The summed E-state index contributed by atoms with van der Waals surface area (Å²) >= 11 is 3.31. The van der Waals surface area contributed by atoms with Crippen molar-refractivity contribution in [3.63, 3.8) is 0 Å². The SMILES string of the molecule is CC(C)(C)OC(=O)N[C@H]1C[C@]1(F)c1ccc(Br)cc1. The molecule has 0 unspecified atom stereocenters. The Morgan fingerprint density at radius 1 is 1.42 bits per heavy atom. The van der Waals surface area contributed by atoms with Crippen LogP contribution < -0.4 is 5.32 Å². The van der Waals surface area contributed by atoms with Gasteiger partial charge < -0.3 is 10.1 Å². The lowest BCUT2D eigenvalue weighted by Crippen LogP contribution is -2.35. The first kappa shape index (κ1) is 14.3. The molecule has 1 fully saturated rings. The van der Waals surface area contributed by atoms with Gasteiger partial charge in [0.25, 0.3) is 0 Å². The number of carbonyl (C=O) groups is 1. The van der Waals surface area contributed by atoms with E-state index in [0.29, 0.717) is 5.56 Å². The van der Waals surface area contributed by atoms with Crippen molar-refractivity contribution in [2.24, 2.45) is 0 Å². The summed E-state index contributed by atoms with van der Waals surface area (Å²) in [6.45, 7) is 5.32. The molecule has 0 spiro atoms. The van der Waals surface area contributed by atoms with Gasteiger partial charge in [-0.25, -0.2) is 9.18 Å². The van der Waals surface area contributed by atoms with Crippen molar-refractivity contribution >= 4 is 22.0 Å². The molecule has 1 aliphatic carbocycles. The molecule has 1 N–H and O–H groups in total. The van der Waals surface area contributed by atoms with E-state index in [-0.39, 0.29) is 6.42 Å². The number of nitrogens with one attached hydrogen (secondary N) is 1. The number of rotatable bonds is 2. The highest BCUT2D eigenvalue weighted by molar-refractivity contribution is 9.10. The smallest absolute Gasteiger partial charge is 0.407 e. The third kappa shape index (κ3) is 3.47. The molecule has 0 radical (unpaired) electrons. The van der Waals surface area contributed by atoms with Crippen molar-refractivity contribution in [2.75, 3.05) is 0 Å².